The van der Waals surface area contributed by atoms with Crippen LogP contribution in [0.4, 0.5) is 4.39 Å². The molecular formula is C13H9FN4. The maximum Gasteiger partial charge on any atom is 0.205 e. The largest absolute Gasteiger partial charge is 0.207 e. The second-order valence-corrected chi connectivity index (χ2v) is 3.75. The number of rotatable bonds is 2. The number of tetrazole rings is 1. The molecule has 1 aromatic heterocycles. The van der Waals surface area contributed by atoms with Crippen LogP contribution in [0.2, 0.25) is 0 Å². The van der Waals surface area contributed by atoms with Crippen molar-refractivity contribution in [2.24, 2.45) is 0 Å². The van der Waals surface area contributed by atoms with Gasteiger partial charge in [0.15, 0.2) is 0 Å². The van der Waals surface area contributed by atoms with Gasteiger partial charge < -0.3 is 0 Å². The van der Waals surface area contributed by atoms with E-state index in [-0.39, 0.29) is 5.82 Å². The molecule has 0 aliphatic carbocycles. The Kier molecular flexibility index (Phi) is 2.57. The van der Waals surface area contributed by atoms with E-state index in [9.17, 15) is 4.39 Å². The Morgan fingerprint density at radius 2 is 1.78 bits per heavy atom. The lowest BCUT2D eigenvalue weighted by atomic mass is 10.2. The fraction of sp³-hybridized carbons (Fsp3) is 0. The minimum Gasteiger partial charge on any atom is -0.207 e. The molecule has 0 amide bonds. The third-order valence-corrected chi connectivity index (χ3v) is 2.48. The zero-order valence-corrected chi connectivity index (χ0v) is 9.36. The third kappa shape index (κ3) is 1.98. The summed E-state index contributed by atoms with van der Waals surface area (Å²) in [4.78, 5) is 1.31. The zero-order chi connectivity index (χ0) is 12.4. The van der Waals surface area contributed by atoms with Crippen LogP contribution >= 0.6 is 0 Å². The summed E-state index contributed by atoms with van der Waals surface area (Å²) in [5.41, 5.74) is 1.42. The highest BCUT2D eigenvalue weighted by Gasteiger charge is 2.06. The highest BCUT2D eigenvalue weighted by molar-refractivity contribution is 5.53. The van der Waals surface area contributed by atoms with Gasteiger partial charge in [-0.25, -0.2) is 4.39 Å². The molecule has 88 valence electrons. The molecule has 0 saturated carbocycles. The lowest BCUT2D eigenvalue weighted by Crippen LogP contribution is -1.99. The van der Waals surface area contributed by atoms with E-state index >= 15 is 0 Å². The van der Waals surface area contributed by atoms with Gasteiger partial charge in [0, 0.05) is 11.6 Å². The number of halogens is 1. The van der Waals surface area contributed by atoms with Gasteiger partial charge in [0.25, 0.3) is 0 Å². The molecule has 5 heteroatoms. The molecule has 0 aliphatic heterocycles. The van der Waals surface area contributed by atoms with Crippen molar-refractivity contribution in [2.75, 3.05) is 0 Å². The van der Waals surface area contributed by atoms with E-state index in [1.807, 2.05) is 30.3 Å². The number of hydrogen-bond acceptors (Lipinski definition) is 3. The Labute approximate surface area is 103 Å². The molecule has 0 aliphatic rings. The topological polar surface area (TPSA) is 43.6 Å². The van der Waals surface area contributed by atoms with Gasteiger partial charge in [-0.3, -0.25) is 0 Å². The van der Waals surface area contributed by atoms with Crippen LogP contribution in [0.25, 0.3) is 17.1 Å². The van der Waals surface area contributed by atoms with Gasteiger partial charge in [-0.1, -0.05) is 36.4 Å². The van der Waals surface area contributed by atoms with Gasteiger partial charge in [0.2, 0.25) is 5.82 Å². The molecule has 0 N–H and O–H groups in total. The highest BCUT2D eigenvalue weighted by atomic mass is 19.1. The third-order valence-electron chi connectivity index (χ3n) is 2.48. The summed E-state index contributed by atoms with van der Waals surface area (Å²) >= 11 is 0. The molecule has 3 aromatic rings. The van der Waals surface area contributed by atoms with Crippen molar-refractivity contribution >= 4 is 0 Å². The Balaban J connectivity index is 2.00. The molecule has 0 saturated heterocycles. The van der Waals surface area contributed by atoms with Crippen molar-refractivity contribution < 1.29 is 4.39 Å². The molecule has 18 heavy (non-hydrogen) atoms. The van der Waals surface area contributed by atoms with E-state index in [0.29, 0.717) is 11.5 Å². The smallest absolute Gasteiger partial charge is 0.205 e. The first-order chi connectivity index (χ1) is 8.83. The van der Waals surface area contributed by atoms with Crippen LogP contribution < -0.4 is 0 Å². The Morgan fingerprint density at radius 3 is 2.56 bits per heavy atom. The molecule has 0 atom stereocenters. The quantitative estimate of drug-likeness (QED) is 0.691. The molecule has 0 spiro atoms. The summed E-state index contributed by atoms with van der Waals surface area (Å²) in [6, 6.07) is 15.6. The minimum absolute atomic E-state index is 0.328. The second kappa shape index (κ2) is 4.37. The Morgan fingerprint density at radius 1 is 0.944 bits per heavy atom. The SMILES string of the molecule is Fc1cccc(-n2nnc(-c3ccccc3)n2)c1. The van der Waals surface area contributed by atoms with Crippen LogP contribution in [0.15, 0.2) is 54.6 Å². The van der Waals surface area contributed by atoms with Crippen molar-refractivity contribution in [1.29, 1.82) is 0 Å². The first-order valence-electron chi connectivity index (χ1n) is 5.44. The summed E-state index contributed by atoms with van der Waals surface area (Å²) in [5, 5.41) is 12.1. The predicted octanol–water partition coefficient (Wildman–Crippen LogP) is 2.47. The van der Waals surface area contributed by atoms with Crippen LogP contribution in [0.3, 0.4) is 0 Å². The number of aromatic nitrogens is 4. The van der Waals surface area contributed by atoms with Gasteiger partial charge in [-0.15, -0.1) is 15.0 Å². The molecule has 0 radical (unpaired) electrons. The maximum atomic E-state index is 13.1. The van der Waals surface area contributed by atoms with E-state index < -0.39 is 0 Å². The normalized spacial score (nSPS) is 10.5. The molecular weight excluding hydrogens is 231 g/mol. The summed E-state index contributed by atoms with van der Waals surface area (Å²) in [6.45, 7) is 0. The first kappa shape index (κ1) is 10.6. The van der Waals surface area contributed by atoms with E-state index in [2.05, 4.69) is 15.4 Å². The molecule has 3 rings (SSSR count). The number of hydrogen-bond donors (Lipinski definition) is 0. The first-order valence-corrected chi connectivity index (χ1v) is 5.44. The summed E-state index contributed by atoms with van der Waals surface area (Å²) in [6.07, 6.45) is 0. The molecule has 0 bridgehead atoms. The van der Waals surface area contributed by atoms with Crippen molar-refractivity contribution in [1.82, 2.24) is 20.2 Å². The van der Waals surface area contributed by atoms with Crippen LogP contribution in [0, 0.1) is 5.82 Å². The average molecular weight is 240 g/mol. The van der Waals surface area contributed by atoms with Crippen LogP contribution in [-0.2, 0) is 0 Å². The fourth-order valence-electron chi connectivity index (χ4n) is 1.63. The monoisotopic (exact) mass is 240 g/mol. The predicted molar refractivity (Wildman–Crippen MR) is 64.5 cm³/mol. The number of benzene rings is 2. The van der Waals surface area contributed by atoms with Gasteiger partial charge in [0.05, 0.1) is 5.69 Å². The van der Waals surface area contributed by atoms with Crippen LogP contribution in [-0.4, -0.2) is 20.2 Å². The van der Waals surface area contributed by atoms with Crippen molar-refractivity contribution in [3.05, 3.63) is 60.4 Å². The lowest BCUT2D eigenvalue weighted by molar-refractivity contribution is 0.621. The lowest BCUT2D eigenvalue weighted by Gasteiger charge is -1.97. The summed E-state index contributed by atoms with van der Waals surface area (Å²) in [7, 11) is 0. The average Bonchev–Trinajstić information content (AvgIpc) is 2.89. The standard InChI is InChI=1S/C13H9FN4/c14-11-7-4-8-12(9-11)18-16-13(15-17-18)10-5-2-1-3-6-10/h1-9H. The summed E-state index contributed by atoms with van der Waals surface area (Å²) < 4.78 is 13.1. The molecule has 0 unspecified atom stereocenters. The van der Waals surface area contributed by atoms with Crippen molar-refractivity contribution in [3.63, 3.8) is 0 Å². The Hall–Kier alpha value is -2.56. The van der Waals surface area contributed by atoms with Crippen molar-refractivity contribution in [2.45, 2.75) is 0 Å². The maximum absolute atomic E-state index is 13.1. The van der Waals surface area contributed by atoms with Gasteiger partial charge in [0.1, 0.15) is 5.82 Å². The molecule has 4 nitrogen and oxygen atoms in total. The van der Waals surface area contributed by atoms with E-state index in [1.165, 1.54) is 16.9 Å². The second-order valence-electron chi connectivity index (χ2n) is 3.75. The van der Waals surface area contributed by atoms with Crippen LogP contribution in [0.5, 0.6) is 0 Å². The van der Waals surface area contributed by atoms with Gasteiger partial charge in [-0.05, 0) is 17.3 Å². The number of nitrogens with zero attached hydrogens (tertiary/aromatic N) is 4. The zero-order valence-electron chi connectivity index (χ0n) is 9.36. The Bertz CT molecular complexity index is 664. The molecule has 1 heterocycles. The molecule has 2 aromatic carbocycles. The van der Waals surface area contributed by atoms with E-state index in [4.69, 9.17) is 0 Å². The summed E-state index contributed by atoms with van der Waals surface area (Å²) in [5.74, 6) is 0.186. The van der Waals surface area contributed by atoms with Crippen molar-refractivity contribution in [3.8, 4) is 17.1 Å². The van der Waals surface area contributed by atoms with Gasteiger partial charge in [-0.2, -0.15) is 0 Å². The van der Waals surface area contributed by atoms with Gasteiger partial charge >= 0.3 is 0 Å². The van der Waals surface area contributed by atoms with Crippen LogP contribution in [0.1, 0.15) is 0 Å². The fourth-order valence-corrected chi connectivity index (χ4v) is 1.63. The molecule has 0 fully saturated rings. The minimum atomic E-state index is -0.328. The highest BCUT2D eigenvalue weighted by Crippen LogP contribution is 2.14. The van der Waals surface area contributed by atoms with E-state index in [1.54, 1.807) is 12.1 Å². The van der Waals surface area contributed by atoms with E-state index in [0.717, 1.165) is 5.56 Å².